The molecule has 0 aliphatic rings. The van der Waals surface area contributed by atoms with E-state index in [1.165, 1.54) is 0 Å². The number of halogens is 1. The zero-order chi connectivity index (χ0) is 13.0. The Morgan fingerprint density at radius 3 is 2.72 bits per heavy atom. The van der Waals surface area contributed by atoms with Gasteiger partial charge in [0.1, 0.15) is 0 Å². The predicted molar refractivity (Wildman–Crippen MR) is 69.9 cm³/mol. The van der Waals surface area contributed by atoms with Crippen molar-refractivity contribution >= 4 is 21.8 Å². The summed E-state index contributed by atoms with van der Waals surface area (Å²) in [6.45, 7) is 0.387. The smallest absolute Gasteiger partial charge is 0.287 e. The normalized spacial score (nSPS) is 10.3. The zero-order valence-electron chi connectivity index (χ0n) is 9.52. The van der Waals surface area contributed by atoms with Gasteiger partial charge >= 0.3 is 0 Å². The Labute approximate surface area is 113 Å². The molecule has 0 saturated carbocycles. The third-order valence-corrected chi connectivity index (χ3v) is 2.85. The van der Waals surface area contributed by atoms with Crippen LogP contribution in [-0.4, -0.2) is 11.0 Å². The third kappa shape index (κ3) is 3.21. The summed E-state index contributed by atoms with van der Waals surface area (Å²) < 4.78 is 5.67. The minimum absolute atomic E-state index is 0.00703. The lowest BCUT2D eigenvalue weighted by molar-refractivity contribution is 0.0922. The minimum Gasteiger partial charge on any atom is -0.444 e. The van der Waals surface area contributed by atoms with Gasteiger partial charge < -0.3 is 14.8 Å². The van der Waals surface area contributed by atoms with E-state index in [1.54, 1.807) is 12.1 Å². The highest BCUT2D eigenvalue weighted by Gasteiger charge is 2.09. The molecule has 0 radical (unpaired) electrons. The van der Waals surface area contributed by atoms with Crippen molar-refractivity contribution in [3.05, 3.63) is 58.0 Å². The van der Waals surface area contributed by atoms with Crippen molar-refractivity contribution in [1.82, 2.24) is 5.32 Å². The zero-order valence-corrected chi connectivity index (χ0v) is 11.1. The number of furan rings is 1. The molecule has 18 heavy (non-hydrogen) atoms. The van der Waals surface area contributed by atoms with E-state index in [0.717, 1.165) is 11.1 Å². The number of carbonyl (C=O) groups excluding carboxylic acids is 1. The van der Waals surface area contributed by atoms with Crippen LogP contribution in [0, 0.1) is 0 Å². The molecule has 1 aromatic carbocycles. The fourth-order valence-electron chi connectivity index (χ4n) is 1.54. The molecule has 0 spiro atoms. The van der Waals surface area contributed by atoms with Crippen LogP contribution in [0.4, 0.5) is 0 Å². The average molecular weight is 310 g/mol. The number of hydrogen-bond acceptors (Lipinski definition) is 3. The van der Waals surface area contributed by atoms with Gasteiger partial charge in [0.25, 0.3) is 5.91 Å². The second-order valence-electron chi connectivity index (χ2n) is 3.76. The van der Waals surface area contributed by atoms with E-state index < -0.39 is 0 Å². The SMILES string of the molecule is O=C(NCc1cccc(CO)c1)c1ccc(Br)o1. The first-order valence-electron chi connectivity index (χ1n) is 5.41. The first-order valence-corrected chi connectivity index (χ1v) is 6.20. The number of rotatable bonds is 4. The maximum Gasteiger partial charge on any atom is 0.287 e. The van der Waals surface area contributed by atoms with Crippen molar-refractivity contribution in [3.8, 4) is 0 Å². The summed E-state index contributed by atoms with van der Waals surface area (Å²) in [5.74, 6) is -0.00436. The lowest BCUT2D eigenvalue weighted by atomic mass is 10.1. The quantitative estimate of drug-likeness (QED) is 0.912. The molecule has 1 heterocycles. The van der Waals surface area contributed by atoms with E-state index in [4.69, 9.17) is 9.52 Å². The van der Waals surface area contributed by atoms with Gasteiger partial charge in [0.05, 0.1) is 6.61 Å². The maximum atomic E-state index is 11.7. The molecule has 0 saturated heterocycles. The number of amides is 1. The molecule has 0 fully saturated rings. The van der Waals surface area contributed by atoms with Gasteiger partial charge in [-0.15, -0.1) is 0 Å². The Kier molecular flexibility index (Phi) is 4.17. The highest BCUT2D eigenvalue weighted by atomic mass is 79.9. The fourth-order valence-corrected chi connectivity index (χ4v) is 1.85. The van der Waals surface area contributed by atoms with E-state index in [9.17, 15) is 4.79 Å². The van der Waals surface area contributed by atoms with Crippen LogP contribution in [0.5, 0.6) is 0 Å². The van der Waals surface area contributed by atoms with Gasteiger partial charge in [0.15, 0.2) is 10.4 Å². The van der Waals surface area contributed by atoms with Crippen LogP contribution in [0.25, 0.3) is 0 Å². The van der Waals surface area contributed by atoms with Crippen molar-refractivity contribution < 1.29 is 14.3 Å². The predicted octanol–water partition coefficient (Wildman–Crippen LogP) is 2.46. The largest absolute Gasteiger partial charge is 0.444 e. The molecular formula is C13H12BrNO3. The van der Waals surface area contributed by atoms with Crippen LogP contribution in [0.1, 0.15) is 21.7 Å². The molecule has 1 aromatic heterocycles. The van der Waals surface area contributed by atoms with E-state index in [2.05, 4.69) is 21.2 Å². The highest BCUT2D eigenvalue weighted by molar-refractivity contribution is 9.10. The molecule has 0 atom stereocenters. The van der Waals surface area contributed by atoms with Crippen LogP contribution < -0.4 is 5.32 Å². The molecule has 94 valence electrons. The second-order valence-corrected chi connectivity index (χ2v) is 4.55. The van der Waals surface area contributed by atoms with Gasteiger partial charge in [-0.05, 0) is 39.2 Å². The molecule has 0 bridgehead atoms. The van der Waals surface area contributed by atoms with Gasteiger partial charge in [-0.25, -0.2) is 0 Å². The first kappa shape index (κ1) is 12.9. The molecule has 0 unspecified atom stereocenters. The highest BCUT2D eigenvalue weighted by Crippen LogP contribution is 2.14. The van der Waals surface area contributed by atoms with Gasteiger partial charge in [-0.3, -0.25) is 4.79 Å². The first-order chi connectivity index (χ1) is 8.69. The summed E-state index contributed by atoms with van der Waals surface area (Å²) in [5, 5.41) is 11.8. The number of aliphatic hydroxyl groups is 1. The van der Waals surface area contributed by atoms with Gasteiger partial charge in [-0.1, -0.05) is 24.3 Å². The molecule has 5 heteroatoms. The molecule has 0 aliphatic heterocycles. The molecule has 4 nitrogen and oxygen atoms in total. The molecule has 2 aromatic rings. The topological polar surface area (TPSA) is 62.5 Å². The summed E-state index contributed by atoms with van der Waals surface area (Å²) in [6, 6.07) is 10.7. The van der Waals surface area contributed by atoms with Gasteiger partial charge in [0.2, 0.25) is 0 Å². The van der Waals surface area contributed by atoms with Gasteiger partial charge in [-0.2, -0.15) is 0 Å². The van der Waals surface area contributed by atoms with E-state index in [1.807, 2.05) is 24.3 Å². The number of nitrogens with one attached hydrogen (secondary N) is 1. The fraction of sp³-hybridized carbons (Fsp3) is 0.154. The summed E-state index contributed by atoms with van der Waals surface area (Å²) in [4.78, 5) is 11.7. The van der Waals surface area contributed by atoms with Gasteiger partial charge in [0, 0.05) is 6.54 Å². The van der Waals surface area contributed by atoms with E-state index >= 15 is 0 Å². The third-order valence-electron chi connectivity index (χ3n) is 2.42. The summed E-state index contributed by atoms with van der Waals surface area (Å²) in [5.41, 5.74) is 1.75. The summed E-state index contributed by atoms with van der Waals surface area (Å²) >= 11 is 3.14. The van der Waals surface area contributed by atoms with E-state index in [-0.39, 0.29) is 18.3 Å². The summed E-state index contributed by atoms with van der Waals surface area (Å²) in [6.07, 6.45) is 0. The van der Waals surface area contributed by atoms with E-state index in [0.29, 0.717) is 11.2 Å². The Morgan fingerprint density at radius 1 is 1.28 bits per heavy atom. The molecule has 1 amide bonds. The number of carbonyl (C=O) groups is 1. The van der Waals surface area contributed by atoms with Crippen LogP contribution in [0.2, 0.25) is 0 Å². The Balaban J connectivity index is 1.97. The minimum atomic E-state index is -0.268. The lowest BCUT2D eigenvalue weighted by Crippen LogP contribution is -2.22. The van der Waals surface area contributed by atoms with Crippen molar-refractivity contribution in [3.63, 3.8) is 0 Å². The molecule has 0 aliphatic carbocycles. The average Bonchev–Trinajstić information content (AvgIpc) is 2.83. The number of hydrogen-bond donors (Lipinski definition) is 2. The second kappa shape index (κ2) is 5.84. The van der Waals surface area contributed by atoms with Crippen molar-refractivity contribution in [2.24, 2.45) is 0 Å². The van der Waals surface area contributed by atoms with Crippen LogP contribution >= 0.6 is 15.9 Å². The van der Waals surface area contributed by atoms with Crippen LogP contribution in [0.3, 0.4) is 0 Å². The standard InChI is InChI=1S/C13H12BrNO3/c14-12-5-4-11(18-12)13(17)15-7-9-2-1-3-10(6-9)8-16/h1-6,16H,7-8H2,(H,15,17). The lowest BCUT2D eigenvalue weighted by Gasteiger charge is -2.05. The monoisotopic (exact) mass is 309 g/mol. The Hall–Kier alpha value is -1.59. The van der Waals surface area contributed by atoms with Crippen molar-refractivity contribution in [2.75, 3.05) is 0 Å². The molecule has 2 rings (SSSR count). The number of benzene rings is 1. The Bertz CT molecular complexity index is 551. The Morgan fingerprint density at radius 2 is 2.06 bits per heavy atom. The van der Waals surface area contributed by atoms with Crippen molar-refractivity contribution in [1.29, 1.82) is 0 Å². The van der Waals surface area contributed by atoms with Crippen molar-refractivity contribution in [2.45, 2.75) is 13.2 Å². The molecule has 2 N–H and O–H groups in total. The molecular weight excluding hydrogens is 298 g/mol. The summed E-state index contributed by atoms with van der Waals surface area (Å²) in [7, 11) is 0. The maximum absolute atomic E-state index is 11.7. The van der Waals surface area contributed by atoms with Crippen LogP contribution in [-0.2, 0) is 13.2 Å². The van der Waals surface area contributed by atoms with Crippen LogP contribution in [0.15, 0.2) is 45.5 Å². The number of aliphatic hydroxyl groups excluding tert-OH is 1.